The minimum absolute atomic E-state index is 0.111. The molecule has 0 fully saturated rings. The summed E-state index contributed by atoms with van der Waals surface area (Å²) in [5.74, 6) is 1.54. The topological polar surface area (TPSA) is 92.3 Å². The Balaban J connectivity index is 1.43. The number of hydrogen-bond acceptors (Lipinski definition) is 7. The highest BCUT2D eigenvalue weighted by Gasteiger charge is 2.13. The van der Waals surface area contributed by atoms with Gasteiger partial charge in [-0.1, -0.05) is 12.1 Å². The minimum Gasteiger partial charge on any atom is -0.493 e. The number of carbonyl (C=O) groups excluding carboxylic acids is 1. The fourth-order valence-corrected chi connectivity index (χ4v) is 3.56. The molecule has 6 nitrogen and oxygen atoms in total. The molecular weight excluding hydrogens is 424 g/mol. The van der Waals surface area contributed by atoms with Crippen LogP contribution in [0, 0.1) is 22.7 Å². The fourth-order valence-electron chi connectivity index (χ4n) is 2.70. The van der Waals surface area contributed by atoms with E-state index in [2.05, 4.69) is 6.07 Å². The van der Waals surface area contributed by atoms with Crippen LogP contribution >= 0.6 is 11.8 Å². The molecule has 0 saturated carbocycles. The van der Waals surface area contributed by atoms with E-state index < -0.39 is 5.97 Å². The van der Waals surface area contributed by atoms with Crippen LogP contribution in [0.25, 0.3) is 0 Å². The summed E-state index contributed by atoms with van der Waals surface area (Å²) in [5, 5.41) is 17.6. The van der Waals surface area contributed by atoms with Crippen LogP contribution in [0.2, 0.25) is 0 Å². The molecule has 0 aliphatic rings. The molecule has 0 heterocycles. The van der Waals surface area contributed by atoms with E-state index in [4.69, 9.17) is 24.7 Å². The largest absolute Gasteiger partial charge is 0.493 e. The quantitative estimate of drug-likeness (QED) is 0.251. The summed E-state index contributed by atoms with van der Waals surface area (Å²) in [7, 11) is 0. The number of nitriles is 2. The van der Waals surface area contributed by atoms with E-state index in [-0.39, 0.29) is 13.2 Å². The van der Waals surface area contributed by atoms with Crippen LogP contribution in [-0.2, 0) is 4.74 Å². The van der Waals surface area contributed by atoms with Crippen molar-refractivity contribution in [1.82, 2.24) is 0 Å². The first-order chi connectivity index (χ1) is 15.7. The maximum atomic E-state index is 12.5. The number of ether oxygens (including phenoxy) is 3. The first-order valence-electron chi connectivity index (χ1n) is 9.84. The third-order valence-electron chi connectivity index (χ3n) is 4.27. The summed E-state index contributed by atoms with van der Waals surface area (Å²) in [6.07, 6.45) is 0. The molecule has 0 radical (unpaired) electrons. The molecule has 0 bridgehead atoms. The number of thioether (sulfide) groups is 1. The minimum atomic E-state index is -0.412. The van der Waals surface area contributed by atoms with Gasteiger partial charge in [-0.15, -0.1) is 11.8 Å². The Kier molecular flexibility index (Phi) is 8.56. The summed E-state index contributed by atoms with van der Waals surface area (Å²) < 4.78 is 16.6. The first kappa shape index (κ1) is 22.7. The molecule has 3 aromatic rings. The normalized spacial score (nSPS) is 9.94. The third-order valence-corrected chi connectivity index (χ3v) is 5.31. The van der Waals surface area contributed by atoms with E-state index in [1.54, 1.807) is 60.7 Å². The molecular formula is C25H20N2O4S. The van der Waals surface area contributed by atoms with Crippen molar-refractivity contribution in [3.05, 3.63) is 89.5 Å². The third kappa shape index (κ3) is 6.80. The monoisotopic (exact) mass is 444 g/mol. The van der Waals surface area contributed by atoms with Crippen LogP contribution in [0.5, 0.6) is 11.5 Å². The van der Waals surface area contributed by atoms with Crippen LogP contribution < -0.4 is 9.47 Å². The van der Waals surface area contributed by atoms with Crippen molar-refractivity contribution < 1.29 is 19.0 Å². The molecule has 0 atom stereocenters. The van der Waals surface area contributed by atoms with E-state index in [9.17, 15) is 4.79 Å². The standard InChI is InChI=1S/C25H20N2O4S/c26-17-19-5-9-21(10-6-19)29-13-14-31-25(28)23-3-1-2-4-24(23)32-16-15-30-22-11-7-20(18-27)8-12-22/h1-12H,13-16H2. The Labute approximate surface area is 191 Å². The lowest BCUT2D eigenvalue weighted by Gasteiger charge is -2.11. The molecule has 0 N–H and O–H groups in total. The smallest absolute Gasteiger partial charge is 0.339 e. The molecule has 0 aliphatic carbocycles. The number of hydrogen-bond donors (Lipinski definition) is 0. The van der Waals surface area contributed by atoms with E-state index in [1.807, 2.05) is 18.2 Å². The van der Waals surface area contributed by atoms with E-state index in [1.165, 1.54) is 11.8 Å². The van der Waals surface area contributed by atoms with Crippen LogP contribution in [0.3, 0.4) is 0 Å². The van der Waals surface area contributed by atoms with Crippen molar-refractivity contribution in [2.45, 2.75) is 4.90 Å². The average Bonchev–Trinajstić information content (AvgIpc) is 2.85. The molecule has 3 aromatic carbocycles. The van der Waals surface area contributed by atoms with Gasteiger partial charge in [0.15, 0.2) is 0 Å². The lowest BCUT2D eigenvalue weighted by Crippen LogP contribution is -2.13. The van der Waals surface area contributed by atoms with Gasteiger partial charge in [-0.3, -0.25) is 0 Å². The van der Waals surface area contributed by atoms with Crippen LogP contribution in [0.1, 0.15) is 21.5 Å². The second-order valence-electron chi connectivity index (χ2n) is 6.45. The number of benzene rings is 3. The number of nitrogens with zero attached hydrogens (tertiary/aromatic N) is 2. The maximum Gasteiger partial charge on any atom is 0.339 e. The van der Waals surface area contributed by atoms with Crippen molar-refractivity contribution >= 4 is 17.7 Å². The van der Waals surface area contributed by atoms with Gasteiger partial charge in [0.25, 0.3) is 0 Å². The zero-order valence-corrected chi connectivity index (χ0v) is 18.0. The highest BCUT2D eigenvalue weighted by Crippen LogP contribution is 2.23. The Hall–Kier alpha value is -3.94. The Morgan fingerprint density at radius 2 is 1.31 bits per heavy atom. The van der Waals surface area contributed by atoms with Gasteiger partial charge in [-0.25, -0.2) is 4.79 Å². The molecule has 0 spiro atoms. The van der Waals surface area contributed by atoms with Crippen molar-refractivity contribution in [1.29, 1.82) is 10.5 Å². The molecule has 32 heavy (non-hydrogen) atoms. The van der Waals surface area contributed by atoms with Gasteiger partial charge in [0.05, 0.1) is 35.4 Å². The molecule has 0 amide bonds. The van der Waals surface area contributed by atoms with E-state index in [0.717, 1.165) is 4.90 Å². The van der Waals surface area contributed by atoms with Gasteiger partial charge >= 0.3 is 5.97 Å². The first-order valence-corrected chi connectivity index (χ1v) is 10.8. The molecule has 0 saturated heterocycles. The zero-order valence-electron chi connectivity index (χ0n) is 17.2. The second-order valence-corrected chi connectivity index (χ2v) is 7.59. The van der Waals surface area contributed by atoms with Gasteiger partial charge < -0.3 is 14.2 Å². The lowest BCUT2D eigenvalue weighted by molar-refractivity contribution is 0.0446. The van der Waals surface area contributed by atoms with Crippen LogP contribution in [0.15, 0.2) is 77.7 Å². The van der Waals surface area contributed by atoms with Crippen molar-refractivity contribution in [2.75, 3.05) is 25.6 Å². The molecule has 3 rings (SSSR count). The van der Waals surface area contributed by atoms with Gasteiger partial charge in [-0.2, -0.15) is 10.5 Å². The SMILES string of the molecule is N#Cc1ccc(OCCOC(=O)c2ccccc2SCCOc2ccc(C#N)cc2)cc1. The van der Waals surface area contributed by atoms with Gasteiger partial charge in [0.2, 0.25) is 0 Å². The molecule has 160 valence electrons. The van der Waals surface area contributed by atoms with Crippen molar-refractivity contribution in [3.8, 4) is 23.6 Å². The predicted molar refractivity (Wildman–Crippen MR) is 121 cm³/mol. The Bertz CT molecular complexity index is 1120. The van der Waals surface area contributed by atoms with Gasteiger partial charge in [-0.05, 0) is 60.7 Å². The predicted octanol–water partition coefficient (Wildman–Crippen LogP) is 4.84. The van der Waals surface area contributed by atoms with Gasteiger partial charge in [0, 0.05) is 10.6 Å². The van der Waals surface area contributed by atoms with Crippen molar-refractivity contribution in [3.63, 3.8) is 0 Å². The number of esters is 1. The van der Waals surface area contributed by atoms with E-state index in [0.29, 0.717) is 40.5 Å². The highest BCUT2D eigenvalue weighted by atomic mass is 32.2. The molecule has 0 aliphatic heterocycles. The molecule has 0 aromatic heterocycles. The summed E-state index contributed by atoms with van der Waals surface area (Å²) in [6, 6.07) is 25.0. The molecule has 7 heteroatoms. The molecule has 0 unspecified atom stereocenters. The average molecular weight is 445 g/mol. The summed E-state index contributed by atoms with van der Waals surface area (Å²) in [6.45, 7) is 0.781. The Morgan fingerprint density at radius 1 is 0.750 bits per heavy atom. The zero-order chi connectivity index (χ0) is 22.6. The van der Waals surface area contributed by atoms with Crippen molar-refractivity contribution in [2.24, 2.45) is 0 Å². The highest BCUT2D eigenvalue weighted by molar-refractivity contribution is 7.99. The summed E-state index contributed by atoms with van der Waals surface area (Å²) in [4.78, 5) is 13.3. The summed E-state index contributed by atoms with van der Waals surface area (Å²) >= 11 is 1.51. The second kappa shape index (κ2) is 12.0. The van der Waals surface area contributed by atoms with Gasteiger partial charge in [0.1, 0.15) is 24.7 Å². The summed E-state index contributed by atoms with van der Waals surface area (Å²) in [5.41, 5.74) is 1.64. The van der Waals surface area contributed by atoms with Crippen LogP contribution in [0.4, 0.5) is 0 Å². The lowest BCUT2D eigenvalue weighted by atomic mass is 10.2. The van der Waals surface area contributed by atoms with E-state index >= 15 is 0 Å². The number of rotatable bonds is 10. The fraction of sp³-hybridized carbons (Fsp3) is 0.160. The number of carbonyl (C=O) groups is 1. The maximum absolute atomic E-state index is 12.5. The Morgan fingerprint density at radius 3 is 1.91 bits per heavy atom. The van der Waals surface area contributed by atoms with Crippen LogP contribution in [-0.4, -0.2) is 31.5 Å².